The van der Waals surface area contributed by atoms with Crippen LogP contribution in [0.3, 0.4) is 0 Å². The Kier molecular flexibility index (Phi) is 6.35. The molecule has 3 N–H and O–H groups in total. The highest BCUT2D eigenvalue weighted by Crippen LogP contribution is 2.47. The van der Waals surface area contributed by atoms with Gasteiger partial charge in [0, 0.05) is 16.9 Å². The SMILES string of the molecule is COc1ccc(C)cc1[C@@]1(C(=O)NS(=O)(=O)c2cccc3nc(N)ccc23)C[C@H](c2ccccc2)CO1. The average Bonchev–Trinajstić information content (AvgIpc) is 3.35. The number of nitrogens with zero attached hydrogens (tertiary/aromatic N) is 1. The van der Waals surface area contributed by atoms with Gasteiger partial charge in [-0.05, 0) is 55.3 Å². The van der Waals surface area contributed by atoms with Gasteiger partial charge in [0.1, 0.15) is 11.6 Å². The number of aromatic nitrogens is 1. The van der Waals surface area contributed by atoms with Crippen LogP contribution < -0.4 is 15.2 Å². The standard InChI is InChI=1S/C28H27N3O5S/c1-18-11-13-24(35-2)22(15-18)28(16-20(17-36-28)19-7-4-3-5-8-19)27(32)31-37(33,34)25-10-6-9-23-21(25)12-14-26(29)30-23/h3-15,20H,16-17H2,1-2H3,(H2,29,30)(H,31,32)/t20-,28+/m0/s1. The number of nitrogens with two attached hydrogens (primary N) is 1. The molecule has 0 radical (unpaired) electrons. The number of hydrogen-bond donors (Lipinski definition) is 2. The van der Waals surface area contributed by atoms with Gasteiger partial charge in [0.2, 0.25) is 0 Å². The number of pyridine rings is 1. The van der Waals surface area contributed by atoms with Gasteiger partial charge in [-0.3, -0.25) is 4.79 Å². The number of anilines is 1. The molecule has 3 aromatic carbocycles. The summed E-state index contributed by atoms with van der Waals surface area (Å²) in [6.45, 7) is 2.13. The number of sulfonamides is 1. The number of carbonyl (C=O) groups is 1. The molecule has 9 heteroatoms. The van der Waals surface area contributed by atoms with Crippen molar-refractivity contribution in [2.45, 2.75) is 29.8 Å². The largest absolute Gasteiger partial charge is 0.496 e. The molecule has 0 aliphatic carbocycles. The van der Waals surface area contributed by atoms with Crippen LogP contribution in [0.5, 0.6) is 5.75 Å². The minimum atomic E-state index is -4.30. The number of rotatable bonds is 6. The van der Waals surface area contributed by atoms with Crippen molar-refractivity contribution in [1.29, 1.82) is 0 Å². The lowest BCUT2D eigenvalue weighted by Crippen LogP contribution is -2.46. The fourth-order valence-corrected chi connectivity index (χ4v) is 6.13. The van der Waals surface area contributed by atoms with Gasteiger partial charge in [0.25, 0.3) is 15.9 Å². The minimum absolute atomic E-state index is 0.0742. The Morgan fingerprint density at radius 2 is 1.86 bits per heavy atom. The van der Waals surface area contributed by atoms with Crippen LogP contribution in [0.15, 0.2) is 83.8 Å². The number of amides is 1. The molecule has 1 saturated heterocycles. The first-order valence-corrected chi connectivity index (χ1v) is 13.3. The van der Waals surface area contributed by atoms with Gasteiger partial charge in [-0.2, -0.15) is 0 Å². The van der Waals surface area contributed by atoms with Crippen LogP contribution in [0.4, 0.5) is 5.82 Å². The molecular weight excluding hydrogens is 490 g/mol. The molecule has 4 aromatic rings. The molecule has 37 heavy (non-hydrogen) atoms. The molecule has 1 amide bonds. The van der Waals surface area contributed by atoms with Crippen molar-refractivity contribution in [2.75, 3.05) is 19.5 Å². The van der Waals surface area contributed by atoms with Crippen molar-refractivity contribution < 1.29 is 22.7 Å². The van der Waals surface area contributed by atoms with E-state index in [0.29, 0.717) is 22.2 Å². The summed E-state index contributed by atoms with van der Waals surface area (Å²) in [5.74, 6) is -0.195. The molecule has 2 atom stereocenters. The van der Waals surface area contributed by atoms with Crippen LogP contribution in [0.2, 0.25) is 0 Å². The lowest BCUT2D eigenvalue weighted by atomic mass is 9.83. The van der Waals surface area contributed by atoms with Crippen LogP contribution in [0.1, 0.15) is 29.0 Å². The third-order valence-corrected chi connectivity index (χ3v) is 8.11. The van der Waals surface area contributed by atoms with Gasteiger partial charge in [0.05, 0.1) is 24.1 Å². The first kappa shape index (κ1) is 24.7. The number of carbonyl (C=O) groups excluding carboxylic acids is 1. The minimum Gasteiger partial charge on any atom is -0.496 e. The molecule has 2 heterocycles. The van der Waals surface area contributed by atoms with Crippen molar-refractivity contribution in [1.82, 2.24) is 9.71 Å². The van der Waals surface area contributed by atoms with Crippen molar-refractivity contribution in [2.24, 2.45) is 0 Å². The molecular formula is C28H27N3O5S. The Balaban J connectivity index is 1.58. The maximum atomic E-state index is 14.0. The molecule has 5 rings (SSSR count). The van der Waals surface area contributed by atoms with E-state index in [2.05, 4.69) is 9.71 Å². The molecule has 8 nitrogen and oxygen atoms in total. The van der Waals surface area contributed by atoms with Gasteiger partial charge in [-0.1, -0.05) is 48.0 Å². The number of nitrogens with one attached hydrogen (secondary N) is 1. The lowest BCUT2D eigenvalue weighted by molar-refractivity contribution is -0.140. The summed E-state index contributed by atoms with van der Waals surface area (Å²) in [6, 6.07) is 22.9. The van der Waals surface area contributed by atoms with Crippen LogP contribution in [-0.2, 0) is 25.2 Å². The third kappa shape index (κ3) is 4.52. The average molecular weight is 518 g/mol. The summed E-state index contributed by atoms with van der Waals surface area (Å²) < 4.78 is 41.3. The third-order valence-electron chi connectivity index (χ3n) is 6.72. The highest BCUT2D eigenvalue weighted by Gasteiger charge is 2.51. The number of aryl methyl sites for hydroxylation is 1. The second-order valence-corrected chi connectivity index (χ2v) is 10.8. The second-order valence-electron chi connectivity index (χ2n) is 9.15. The van der Waals surface area contributed by atoms with E-state index in [1.54, 1.807) is 24.3 Å². The first-order valence-electron chi connectivity index (χ1n) is 11.8. The molecule has 1 aliphatic rings. The number of fused-ring (bicyclic) bond motifs is 1. The molecule has 0 bridgehead atoms. The normalized spacial score (nSPS) is 19.6. The number of hydrogen-bond acceptors (Lipinski definition) is 7. The van der Waals surface area contributed by atoms with Crippen molar-refractivity contribution >= 4 is 32.7 Å². The summed E-state index contributed by atoms with van der Waals surface area (Å²) >= 11 is 0. The van der Waals surface area contributed by atoms with Gasteiger partial charge >= 0.3 is 0 Å². The molecule has 1 fully saturated rings. The molecule has 1 aromatic heterocycles. The zero-order valence-electron chi connectivity index (χ0n) is 20.5. The maximum Gasteiger partial charge on any atom is 0.270 e. The van der Waals surface area contributed by atoms with Crippen LogP contribution in [0, 0.1) is 6.92 Å². The van der Waals surface area contributed by atoms with Crippen LogP contribution in [-0.4, -0.2) is 33.0 Å². The van der Waals surface area contributed by atoms with E-state index in [4.69, 9.17) is 15.2 Å². The summed E-state index contributed by atoms with van der Waals surface area (Å²) in [6.07, 6.45) is 0.242. The number of ether oxygens (including phenoxy) is 2. The maximum absolute atomic E-state index is 14.0. The Morgan fingerprint density at radius 1 is 1.08 bits per heavy atom. The summed E-state index contributed by atoms with van der Waals surface area (Å²) in [5.41, 5.74) is 6.96. The predicted molar refractivity (Wildman–Crippen MR) is 141 cm³/mol. The van der Waals surface area contributed by atoms with Crippen molar-refractivity contribution in [3.8, 4) is 5.75 Å². The number of methoxy groups -OCH3 is 1. The Hall–Kier alpha value is -3.95. The molecule has 190 valence electrons. The number of benzene rings is 3. The smallest absolute Gasteiger partial charge is 0.270 e. The van der Waals surface area contributed by atoms with Crippen molar-refractivity contribution in [3.05, 3.63) is 95.6 Å². The summed E-state index contributed by atoms with van der Waals surface area (Å²) in [4.78, 5) is 18.1. The second kappa shape index (κ2) is 9.49. The Bertz CT molecular complexity index is 1590. The molecule has 0 saturated carbocycles. The van der Waals surface area contributed by atoms with E-state index >= 15 is 0 Å². The van der Waals surface area contributed by atoms with Crippen LogP contribution >= 0.6 is 0 Å². The zero-order chi connectivity index (χ0) is 26.2. The van der Waals surface area contributed by atoms with E-state index in [-0.39, 0.29) is 29.7 Å². The van der Waals surface area contributed by atoms with Gasteiger partial charge in [-0.15, -0.1) is 0 Å². The lowest BCUT2D eigenvalue weighted by Gasteiger charge is -2.29. The van der Waals surface area contributed by atoms with E-state index in [9.17, 15) is 13.2 Å². The Labute approximate surface area is 215 Å². The number of nitrogen functional groups attached to an aromatic ring is 1. The van der Waals surface area contributed by atoms with E-state index in [0.717, 1.165) is 11.1 Å². The van der Waals surface area contributed by atoms with Crippen LogP contribution in [0.25, 0.3) is 10.9 Å². The van der Waals surface area contributed by atoms with E-state index in [1.807, 2.05) is 49.4 Å². The first-order chi connectivity index (χ1) is 17.7. The predicted octanol–water partition coefficient (Wildman–Crippen LogP) is 4.04. The highest BCUT2D eigenvalue weighted by atomic mass is 32.2. The summed E-state index contributed by atoms with van der Waals surface area (Å²) in [5, 5.41) is 0.355. The molecule has 0 spiro atoms. The van der Waals surface area contributed by atoms with Gasteiger partial charge in [0.15, 0.2) is 5.60 Å². The Morgan fingerprint density at radius 3 is 2.62 bits per heavy atom. The van der Waals surface area contributed by atoms with Crippen molar-refractivity contribution in [3.63, 3.8) is 0 Å². The fourth-order valence-electron chi connectivity index (χ4n) is 4.89. The topological polar surface area (TPSA) is 121 Å². The fraction of sp³-hybridized carbons (Fsp3) is 0.214. The summed E-state index contributed by atoms with van der Waals surface area (Å²) in [7, 11) is -2.79. The van der Waals surface area contributed by atoms with E-state index in [1.165, 1.54) is 19.2 Å². The molecule has 1 aliphatic heterocycles. The quantitative estimate of drug-likeness (QED) is 0.396. The highest BCUT2D eigenvalue weighted by molar-refractivity contribution is 7.90. The molecule has 0 unspecified atom stereocenters. The van der Waals surface area contributed by atoms with Gasteiger partial charge in [-0.25, -0.2) is 18.1 Å². The van der Waals surface area contributed by atoms with E-state index < -0.39 is 21.5 Å². The van der Waals surface area contributed by atoms with Gasteiger partial charge < -0.3 is 15.2 Å². The monoisotopic (exact) mass is 517 g/mol. The zero-order valence-corrected chi connectivity index (χ0v) is 21.3.